The van der Waals surface area contributed by atoms with Crippen molar-refractivity contribution in [3.05, 3.63) is 96.4 Å². The number of nitro groups is 1. The molecule has 0 spiro atoms. The number of amides is 1. The van der Waals surface area contributed by atoms with Crippen molar-refractivity contribution in [3.8, 4) is 11.8 Å². The fraction of sp³-hybridized carbons (Fsp3) is 0. The molecule has 0 saturated carbocycles. The van der Waals surface area contributed by atoms with Gasteiger partial charge in [-0.05, 0) is 48.5 Å². The molecule has 35 heavy (non-hydrogen) atoms. The van der Waals surface area contributed by atoms with E-state index in [9.17, 15) is 28.6 Å². The first-order valence-corrected chi connectivity index (χ1v) is 12.3. The van der Waals surface area contributed by atoms with Gasteiger partial charge in [0.15, 0.2) is 0 Å². The number of nitriles is 1. The van der Waals surface area contributed by atoms with Gasteiger partial charge in [-0.25, -0.2) is 0 Å². The van der Waals surface area contributed by atoms with Crippen molar-refractivity contribution in [2.24, 2.45) is 0 Å². The fourth-order valence-corrected chi connectivity index (χ4v) is 4.37. The summed E-state index contributed by atoms with van der Waals surface area (Å²) in [6.07, 6.45) is 1.13. The average molecular weight is 597 g/mol. The van der Waals surface area contributed by atoms with Crippen molar-refractivity contribution in [1.29, 1.82) is 5.26 Å². The molecule has 9 nitrogen and oxygen atoms in total. The molecule has 178 valence electrons. The van der Waals surface area contributed by atoms with Crippen molar-refractivity contribution in [2.45, 2.75) is 4.90 Å². The largest absolute Gasteiger partial charge is 0.378 e. The van der Waals surface area contributed by atoms with Crippen LogP contribution < -0.4 is 9.50 Å². The topological polar surface area (TPSA) is 139 Å². The van der Waals surface area contributed by atoms with Gasteiger partial charge in [-0.1, -0.05) is 45.2 Å². The first-order chi connectivity index (χ1) is 16.5. The number of nitrogens with one attached hydrogen (secondary N) is 1. The van der Waals surface area contributed by atoms with Crippen LogP contribution in [0.25, 0.3) is 6.08 Å². The SMILES string of the molecule is N#C/C(=C/c1cc(Br)ccc1OS(=O)(=O)c1cccc([N+](=O)[O-])c1)C(=O)Nc1ccc(Cl)c(Cl)c1. The molecular weight excluding hydrogens is 585 g/mol. The van der Waals surface area contributed by atoms with Crippen LogP contribution in [0.5, 0.6) is 5.75 Å². The summed E-state index contributed by atoms with van der Waals surface area (Å²) < 4.78 is 31.2. The van der Waals surface area contributed by atoms with Crippen LogP contribution in [0.1, 0.15) is 5.56 Å². The lowest BCUT2D eigenvalue weighted by Gasteiger charge is -2.11. The Morgan fingerprint density at radius 3 is 2.51 bits per heavy atom. The van der Waals surface area contributed by atoms with E-state index in [0.717, 1.165) is 24.3 Å². The van der Waals surface area contributed by atoms with Crippen molar-refractivity contribution in [3.63, 3.8) is 0 Å². The standard InChI is InChI=1S/C22H12BrCl2N3O6S/c23-15-4-7-21(34-35(32,33)18-3-1-2-17(11-18)28(30)31)13(9-15)8-14(12-26)22(29)27-16-5-6-19(24)20(25)10-16/h1-11H,(H,27,29)/b14-8-. The van der Waals surface area contributed by atoms with Crippen LogP contribution >= 0.6 is 39.1 Å². The molecule has 1 N–H and O–H groups in total. The van der Waals surface area contributed by atoms with Gasteiger partial charge in [-0.3, -0.25) is 14.9 Å². The van der Waals surface area contributed by atoms with Crippen LogP contribution in [0.4, 0.5) is 11.4 Å². The number of hydrogen-bond donors (Lipinski definition) is 1. The minimum atomic E-state index is -4.48. The average Bonchev–Trinajstić information content (AvgIpc) is 2.81. The molecule has 0 aliphatic heterocycles. The Balaban J connectivity index is 1.95. The molecule has 3 rings (SSSR count). The molecule has 0 fully saturated rings. The van der Waals surface area contributed by atoms with Gasteiger partial charge in [0.2, 0.25) is 0 Å². The maximum atomic E-state index is 12.8. The Morgan fingerprint density at radius 1 is 1.11 bits per heavy atom. The number of carbonyl (C=O) groups excluding carboxylic acids is 1. The minimum Gasteiger partial charge on any atom is -0.378 e. The summed E-state index contributed by atoms with van der Waals surface area (Å²) in [6, 6.07) is 14.7. The lowest BCUT2D eigenvalue weighted by Crippen LogP contribution is -2.14. The van der Waals surface area contributed by atoms with E-state index < -0.39 is 31.5 Å². The zero-order chi connectivity index (χ0) is 25.8. The number of nitro benzene ring substituents is 1. The third-order valence-corrected chi connectivity index (χ3v) is 6.79. The van der Waals surface area contributed by atoms with Gasteiger partial charge in [0.1, 0.15) is 22.3 Å². The van der Waals surface area contributed by atoms with Crippen LogP contribution in [-0.4, -0.2) is 19.2 Å². The van der Waals surface area contributed by atoms with Gasteiger partial charge < -0.3 is 9.50 Å². The van der Waals surface area contributed by atoms with E-state index in [1.165, 1.54) is 42.5 Å². The minimum absolute atomic E-state index is 0.0780. The zero-order valence-electron chi connectivity index (χ0n) is 17.2. The highest BCUT2D eigenvalue weighted by atomic mass is 79.9. The summed E-state index contributed by atoms with van der Waals surface area (Å²) in [5.74, 6) is -1.01. The van der Waals surface area contributed by atoms with E-state index in [1.807, 2.05) is 0 Å². The third kappa shape index (κ3) is 6.58. The second-order valence-corrected chi connectivity index (χ2v) is 10.0. The van der Waals surface area contributed by atoms with Gasteiger partial charge in [0.25, 0.3) is 11.6 Å². The van der Waals surface area contributed by atoms with Crippen LogP contribution in [0.2, 0.25) is 10.0 Å². The normalized spacial score (nSPS) is 11.4. The van der Waals surface area contributed by atoms with Crippen LogP contribution in [0.15, 0.2) is 75.6 Å². The number of anilines is 1. The Hall–Kier alpha value is -3.43. The van der Waals surface area contributed by atoms with E-state index in [2.05, 4.69) is 21.2 Å². The smallest absolute Gasteiger partial charge is 0.339 e. The summed E-state index contributed by atoms with van der Waals surface area (Å²) in [4.78, 5) is 22.4. The quantitative estimate of drug-likeness (QED) is 0.116. The molecule has 0 saturated heterocycles. The van der Waals surface area contributed by atoms with Crippen molar-refractivity contribution < 1.29 is 22.3 Å². The first-order valence-electron chi connectivity index (χ1n) is 9.37. The van der Waals surface area contributed by atoms with Crippen molar-refractivity contribution in [1.82, 2.24) is 0 Å². The number of benzene rings is 3. The van der Waals surface area contributed by atoms with E-state index in [4.69, 9.17) is 27.4 Å². The number of nitrogens with zero attached hydrogens (tertiary/aromatic N) is 2. The van der Waals surface area contributed by atoms with Gasteiger partial charge in [0.05, 0.1) is 15.0 Å². The number of halogens is 3. The second kappa shape index (κ2) is 10.9. The van der Waals surface area contributed by atoms with Crippen LogP contribution in [0.3, 0.4) is 0 Å². The maximum absolute atomic E-state index is 12.8. The number of non-ortho nitro benzene ring substituents is 1. The Morgan fingerprint density at radius 2 is 1.86 bits per heavy atom. The van der Waals surface area contributed by atoms with Crippen LogP contribution in [-0.2, 0) is 14.9 Å². The Kier molecular flexibility index (Phi) is 8.14. The molecule has 0 bridgehead atoms. The summed E-state index contributed by atoms with van der Waals surface area (Å²) in [5, 5.41) is 23.5. The molecule has 3 aromatic rings. The van der Waals surface area contributed by atoms with Crippen molar-refractivity contribution in [2.75, 3.05) is 5.32 Å². The predicted octanol–water partition coefficient (Wildman–Crippen LogP) is 5.98. The highest BCUT2D eigenvalue weighted by molar-refractivity contribution is 9.10. The zero-order valence-corrected chi connectivity index (χ0v) is 21.2. The molecule has 0 aliphatic carbocycles. The second-order valence-electron chi connectivity index (χ2n) is 6.73. The lowest BCUT2D eigenvalue weighted by atomic mass is 10.1. The third-order valence-electron chi connectivity index (χ3n) is 4.33. The van der Waals surface area contributed by atoms with E-state index in [1.54, 1.807) is 6.07 Å². The molecule has 0 unspecified atom stereocenters. The summed E-state index contributed by atoms with van der Waals surface area (Å²) >= 11 is 15.0. The van der Waals surface area contributed by atoms with Gasteiger partial charge in [0, 0.05) is 27.9 Å². The van der Waals surface area contributed by atoms with E-state index >= 15 is 0 Å². The molecule has 0 heterocycles. The summed E-state index contributed by atoms with van der Waals surface area (Å²) in [7, 11) is -4.48. The van der Waals surface area contributed by atoms with E-state index in [0.29, 0.717) is 4.47 Å². The molecule has 0 atom stereocenters. The summed E-state index contributed by atoms with van der Waals surface area (Å²) in [5.41, 5.74) is -0.443. The molecule has 0 aliphatic rings. The number of carbonyl (C=O) groups is 1. The molecular formula is C22H12BrCl2N3O6S. The molecule has 1 amide bonds. The molecule has 0 radical (unpaired) electrons. The lowest BCUT2D eigenvalue weighted by molar-refractivity contribution is -0.385. The predicted molar refractivity (Wildman–Crippen MR) is 134 cm³/mol. The van der Waals surface area contributed by atoms with Crippen LogP contribution in [0, 0.1) is 21.4 Å². The molecule has 0 aromatic heterocycles. The van der Waals surface area contributed by atoms with Crippen molar-refractivity contribution >= 4 is 72.6 Å². The highest BCUT2D eigenvalue weighted by Gasteiger charge is 2.22. The van der Waals surface area contributed by atoms with Gasteiger partial charge >= 0.3 is 10.1 Å². The summed E-state index contributed by atoms with van der Waals surface area (Å²) in [6.45, 7) is 0. The number of rotatable bonds is 7. The molecule has 3 aromatic carbocycles. The fourth-order valence-electron chi connectivity index (χ4n) is 2.70. The van der Waals surface area contributed by atoms with Gasteiger partial charge in [-0.2, -0.15) is 13.7 Å². The Labute approximate surface area is 217 Å². The first kappa shape index (κ1) is 26.2. The number of hydrogen-bond acceptors (Lipinski definition) is 7. The molecule has 13 heteroatoms. The highest BCUT2D eigenvalue weighted by Crippen LogP contribution is 2.30. The maximum Gasteiger partial charge on any atom is 0.339 e. The van der Waals surface area contributed by atoms with E-state index in [-0.39, 0.29) is 32.6 Å². The Bertz CT molecular complexity index is 1520. The monoisotopic (exact) mass is 595 g/mol. The van der Waals surface area contributed by atoms with Gasteiger partial charge in [-0.15, -0.1) is 0 Å².